The first-order chi connectivity index (χ1) is 13.2. The third-order valence-electron chi connectivity index (χ3n) is 3.86. The van der Waals surface area contributed by atoms with Crippen LogP contribution in [0.2, 0.25) is 5.28 Å². The molecule has 1 aliphatic heterocycles. The summed E-state index contributed by atoms with van der Waals surface area (Å²) >= 11 is 6.01. The molecule has 1 aliphatic rings. The summed E-state index contributed by atoms with van der Waals surface area (Å²) in [4.78, 5) is 27.3. The number of ether oxygens (including phenoxy) is 2. The lowest BCUT2D eigenvalue weighted by Gasteiger charge is -2.19. The number of aliphatic hydroxyl groups is 1. The SMILES string of the molecule is CC(C)(C)OC(=O)Nc1nc(Cl)nc2c1ncn2[C@@H]1O[C@H](CO)CC1N=[N+]=[N-]. The summed E-state index contributed by atoms with van der Waals surface area (Å²) < 4.78 is 12.5. The molecule has 0 bridgehead atoms. The molecule has 1 saturated heterocycles. The van der Waals surface area contributed by atoms with Crippen LogP contribution in [0.5, 0.6) is 0 Å². The smallest absolute Gasteiger partial charge is 0.413 e. The first-order valence-corrected chi connectivity index (χ1v) is 8.80. The molecule has 28 heavy (non-hydrogen) atoms. The van der Waals surface area contributed by atoms with Crippen LogP contribution in [0.15, 0.2) is 11.4 Å². The average Bonchev–Trinajstić information content (AvgIpc) is 3.17. The van der Waals surface area contributed by atoms with Crippen molar-refractivity contribution in [2.24, 2.45) is 5.11 Å². The van der Waals surface area contributed by atoms with E-state index in [1.54, 1.807) is 20.8 Å². The third-order valence-corrected chi connectivity index (χ3v) is 4.03. The number of halogens is 1. The highest BCUT2D eigenvalue weighted by Gasteiger charge is 2.37. The van der Waals surface area contributed by atoms with Crippen molar-refractivity contribution in [2.75, 3.05) is 11.9 Å². The first-order valence-electron chi connectivity index (χ1n) is 8.42. The Morgan fingerprint density at radius 1 is 1.57 bits per heavy atom. The number of carbonyl (C=O) groups excluding carboxylic acids is 1. The van der Waals surface area contributed by atoms with Crippen LogP contribution in [-0.4, -0.2) is 55.1 Å². The zero-order chi connectivity index (χ0) is 20.5. The molecule has 3 atom stereocenters. The van der Waals surface area contributed by atoms with Gasteiger partial charge in [-0.05, 0) is 44.3 Å². The van der Waals surface area contributed by atoms with E-state index in [-0.39, 0.29) is 28.9 Å². The van der Waals surface area contributed by atoms with E-state index in [4.69, 9.17) is 26.6 Å². The molecule has 1 amide bonds. The fourth-order valence-electron chi connectivity index (χ4n) is 2.83. The quantitative estimate of drug-likeness (QED) is 0.339. The van der Waals surface area contributed by atoms with Crippen molar-refractivity contribution in [3.8, 4) is 0 Å². The Labute approximate surface area is 164 Å². The molecule has 13 heteroatoms. The van der Waals surface area contributed by atoms with Crippen molar-refractivity contribution >= 4 is 34.7 Å². The molecule has 0 aromatic carbocycles. The fraction of sp³-hybridized carbons (Fsp3) is 0.600. The van der Waals surface area contributed by atoms with Crippen molar-refractivity contribution in [1.82, 2.24) is 19.5 Å². The van der Waals surface area contributed by atoms with Gasteiger partial charge in [-0.15, -0.1) is 0 Å². The molecule has 0 aliphatic carbocycles. The van der Waals surface area contributed by atoms with E-state index in [2.05, 4.69) is 30.3 Å². The molecular weight excluding hydrogens is 392 g/mol. The molecule has 12 nitrogen and oxygen atoms in total. The Morgan fingerprint density at radius 3 is 2.96 bits per heavy atom. The Kier molecular flexibility index (Phi) is 5.57. The number of rotatable bonds is 4. The summed E-state index contributed by atoms with van der Waals surface area (Å²) in [7, 11) is 0. The number of azide groups is 1. The molecule has 150 valence electrons. The zero-order valence-electron chi connectivity index (χ0n) is 15.4. The van der Waals surface area contributed by atoms with Gasteiger partial charge in [0.15, 0.2) is 17.0 Å². The van der Waals surface area contributed by atoms with E-state index in [9.17, 15) is 9.90 Å². The summed E-state index contributed by atoms with van der Waals surface area (Å²) in [5, 5.41) is 15.5. The van der Waals surface area contributed by atoms with Crippen molar-refractivity contribution in [3.05, 3.63) is 22.1 Å². The second kappa shape index (κ2) is 7.76. The van der Waals surface area contributed by atoms with Crippen LogP contribution in [-0.2, 0) is 9.47 Å². The van der Waals surface area contributed by atoms with Gasteiger partial charge >= 0.3 is 6.09 Å². The Bertz CT molecular complexity index is 936. The number of amides is 1. The predicted molar refractivity (Wildman–Crippen MR) is 98.7 cm³/mol. The summed E-state index contributed by atoms with van der Waals surface area (Å²) in [6.07, 6.45) is -0.192. The number of aromatic nitrogens is 4. The molecule has 3 rings (SSSR count). The van der Waals surface area contributed by atoms with E-state index in [0.717, 1.165) is 0 Å². The van der Waals surface area contributed by atoms with Gasteiger partial charge in [-0.2, -0.15) is 9.97 Å². The number of fused-ring (bicyclic) bond motifs is 1. The van der Waals surface area contributed by atoms with E-state index in [1.807, 2.05) is 0 Å². The van der Waals surface area contributed by atoms with E-state index >= 15 is 0 Å². The lowest BCUT2D eigenvalue weighted by atomic mass is 10.2. The van der Waals surface area contributed by atoms with Gasteiger partial charge in [0.1, 0.15) is 11.8 Å². The Morgan fingerprint density at radius 2 is 2.32 bits per heavy atom. The zero-order valence-corrected chi connectivity index (χ0v) is 16.2. The van der Waals surface area contributed by atoms with Gasteiger partial charge in [-0.1, -0.05) is 5.11 Å². The number of anilines is 1. The molecule has 1 unspecified atom stereocenters. The second-order valence-corrected chi connectivity index (χ2v) is 7.47. The fourth-order valence-corrected chi connectivity index (χ4v) is 3.00. The van der Waals surface area contributed by atoms with Crippen LogP contribution in [0.3, 0.4) is 0 Å². The maximum atomic E-state index is 12.1. The number of carbonyl (C=O) groups is 1. The van der Waals surface area contributed by atoms with Crippen LogP contribution in [0.4, 0.5) is 10.6 Å². The average molecular weight is 411 g/mol. The number of nitrogens with one attached hydrogen (secondary N) is 1. The van der Waals surface area contributed by atoms with Crippen molar-refractivity contribution < 1.29 is 19.4 Å². The molecule has 0 spiro atoms. The lowest BCUT2D eigenvalue weighted by Crippen LogP contribution is -2.27. The van der Waals surface area contributed by atoms with Crippen molar-refractivity contribution in [3.63, 3.8) is 0 Å². The van der Waals surface area contributed by atoms with Crippen molar-refractivity contribution in [1.29, 1.82) is 0 Å². The van der Waals surface area contributed by atoms with Gasteiger partial charge in [0.2, 0.25) is 5.28 Å². The Hall–Kier alpha value is -2.66. The van der Waals surface area contributed by atoms with Crippen LogP contribution < -0.4 is 5.32 Å². The Balaban J connectivity index is 1.97. The number of hydrogen-bond acceptors (Lipinski definition) is 8. The van der Waals surface area contributed by atoms with Crippen LogP contribution in [0.25, 0.3) is 21.6 Å². The van der Waals surface area contributed by atoms with Gasteiger partial charge in [0.25, 0.3) is 0 Å². The van der Waals surface area contributed by atoms with Crippen LogP contribution >= 0.6 is 11.6 Å². The molecular formula is C15H19ClN8O4. The number of aliphatic hydroxyl groups excluding tert-OH is 1. The predicted octanol–water partition coefficient (Wildman–Crippen LogP) is 2.79. The minimum atomic E-state index is -0.738. The minimum absolute atomic E-state index is 0.0695. The highest BCUT2D eigenvalue weighted by Crippen LogP contribution is 2.34. The topological polar surface area (TPSA) is 160 Å². The maximum absolute atomic E-state index is 12.1. The third kappa shape index (κ3) is 4.25. The molecule has 0 saturated carbocycles. The summed E-state index contributed by atoms with van der Waals surface area (Å²) in [5.41, 5.74) is 8.63. The maximum Gasteiger partial charge on any atom is 0.413 e. The van der Waals surface area contributed by atoms with Crippen LogP contribution in [0, 0.1) is 0 Å². The molecule has 3 heterocycles. The highest BCUT2D eigenvalue weighted by atomic mass is 35.5. The molecule has 0 radical (unpaired) electrons. The lowest BCUT2D eigenvalue weighted by molar-refractivity contribution is -0.0238. The molecule has 1 fully saturated rings. The van der Waals surface area contributed by atoms with Gasteiger partial charge < -0.3 is 14.6 Å². The molecule has 2 aromatic heterocycles. The monoisotopic (exact) mass is 410 g/mol. The largest absolute Gasteiger partial charge is 0.444 e. The highest BCUT2D eigenvalue weighted by molar-refractivity contribution is 6.28. The summed E-state index contributed by atoms with van der Waals surface area (Å²) in [6, 6.07) is -0.574. The van der Waals surface area contributed by atoms with Gasteiger partial charge in [-0.25, -0.2) is 9.78 Å². The number of nitrogens with zero attached hydrogens (tertiary/aromatic N) is 7. The van der Waals surface area contributed by atoms with E-state index in [1.165, 1.54) is 10.9 Å². The minimum Gasteiger partial charge on any atom is -0.444 e. The van der Waals surface area contributed by atoms with E-state index < -0.39 is 30.1 Å². The van der Waals surface area contributed by atoms with Gasteiger partial charge in [-0.3, -0.25) is 9.88 Å². The number of hydrogen-bond donors (Lipinski definition) is 2. The van der Waals surface area contributed by atoms with Crippen LogP contribution in [0.1, 0.15) is 33.4 Å². The van der Waals surface area contributed by atoms with Crippen molar-refractivity contribution in [2.45, 2.75) is 51.2 Å². The molecule has 2 N–H and O–H groups in total. The summed E-state index contributed by atoms with van der Waals surface area (Å²) in [6.45, 7) is 4.97. The number of imidazole rings is 1. The summed E-state index contributed by atoms with van der Waals surface area (Å²) in [5.74, 6) is 0.0695. The first kappa shape index (κ1) is 20.1. The van der Waals surface area contributed by atoms with Gasteiger partial charge in [0, 0.05) is 4.91 Å². The van der Waals surface area contributed by atoms with Gasteiger partial charge in [0.05, 0.1) is 25.1 Å². The second-order valence-electron chi connectivity index (χ2n) is 7.13. The van der Waals surface area contributed by atoms with E-state index in [0.29, 0.717) is 6.42 Å². The standard InChI is InChI=1S/C15H19ClN8O4/c1-15(2,3)28-14(26)20-10-9-11(21-13(16)19-10)24(6-18-9)12-8(22-23-17)4-7(5-25)27-12/h6-8,12,25H,4-5H2,1-3H3,(H,19,20,21,26)/t7-,8?,12+/m0/s1. The normalized spacial score (nSPS) is 22.1. The molecule has 2 aromatic rings.